The second-order valence-electron chi connectivity index (χ2n) is 7.49. The van der Waals surface area contributed by atoms with E-state index in [-0.39, 0.29) is 11.2 Å². The predicted octanol–water partition coefficient (Wildman–Crippen LogP) is 3.34. The number of ether oxygens (including phenoxy) is 2. The summed E-state index contributed by atoms with van der Waals surface area (Å²) in [6.45, 7) is 14.9. The molecule has 0 radical (unpaired) electrons. The highest BCUT2D eigenvalue weighted by molar-refractivity contribution is 5.78. The van der Waals surface area contributed by atoms with Gasteiger partial charge in [0.15, 0.2) is 5.96 Å². The van der Waals surface area contributed by atoms with Crippen LogP contribution >= 0.6 is 0 Å². The van der Waals surface area contributed by atoms with Gasteiger partial charge in [-0.25, -0.2) is 0 Å². The summed E-state index contributed by atoms with van der Waals surface area (Å²) in [5.41, 5.74) is -0.186. The molecule has 1 saturated heterocycles. The lowest BCUT2D eigenvalue weighted by atomic mass is 9.97. The molecule has 1 aliphatic rings. The molecule has 0 amide bonds. The first-order valence-corrected chi connectivity index (χ1v) is 9.05. The third kappa shape index (κ3) is 6.68. The van der Waals surface area contributed by atoms with Gasteiger partial charge in [-0.3, -0.25) is 5.41 Å². The molecule has 0 aromatic carbocycles. The Balaban J connectivity index is 2.26. The maximum Gasteiger partial charge on any atom is 0.193 e. The SMILES string of the molecule is CCCC(C)(CC)OCCC(C)(C)OCCN1CCN(C)C1=N. The van der Waals surface area contributed by atoms with Crippen molar-refractivity contribution in [3.63, 3.8) is 0 Å². The van der Waals surface area contributed by atoms with Gasteiger partial charge in [-0.2, -0.15) is 0 Å². The van der Waals surface area contributed by atoms with Crippen molar-refractivity contribution in [2.75, 3.05) is 39.9 Å². The van der Waals surface area contributed by atoms with Crippen LogP contribution in [0.4, 0.5) is 0 Å². The van der Waals surface area contributed by atoms with Crippen molar-refractivity contribution in [2.45, 2.75) is 71.5 Å². The molecule has 1 atom stereocenters. The molecular weight excluding hydrogens is 290 g/mol. The van der Waals surface area contributed by atoms with Crippen molar-refractivity contribution in [1.82, 2.24) is 9.80 Å². The van der Waals surface area contributed by atoms with E-state index < -0.39 is 0 Å². The summed E-state index contributed by atoms with van der Waals surface area (Å²) in [5.74, 6) is 0.605. The molecular formula is C18H37N3O2. The topological polar surface area (TPSA) is 48.8 Å². The van der Waals surface area contributed by atoms with Crippen LogP contribution in [0.15, 0.2) is 0 Å². The predicted molar refractivity (Wildman–Crippen MR) is 96.1 cm³/mol. The molecule has 1 N–H and O–H groups in total. The van der Waals surface area contributed by atoms with Gasteiger partial charge < -0.3 is 19.3 Å². The second kappa shape index (κ2) is 8.88. The largest absolute Gasteiger partial charge is 0.375 e. The van der Waals surface area contributed by atoms with Gasteiger partial charge in [0.25, 0.3) is 0 Å². The molecule has 136 valence electrons. The summed E-state index contributed by atoms with van der Waals surface area (Å²) < 4.78 is 12.2. The summed E-state index contributed by atoms with van der Waals surface area (Å²) in [7, 11) is 1.96. The number of likely N-dealkylation sites (N-methyl/N-ethyl adjacent to an activating group) is 1. The minimum atomic E-state index is -0.186. The standard InChI is InChI=1S/C18H37N3O2/c1-7-9-18(5,8-2)23-14-10-17(3,4)22-15-13-21-12-11-20(6)16(21)19/h19H,7-15H2,1-6H3. The Morgan fingerprint density at radius 1 is 1.04 bits per heavy atom. The first-order chi connectivity index (χ1) is 10.7. The van der Waals surface area contributed by atoms with E-state index in [9.17, 15) is 0 Å². The molecule has 0 aromatic heterocycles. The average Bonchev–Trinajstić information content (AvgIpc) is 2.79. The third-order valence-electron chi connectivity index (χ3n) is 4.90. The number of nitrogens with one attached hydrogen (secondary N) is 1. The normalized spacial score (nSPS) is 18.6. The molecule has 5 heteroatoms. The fourth-order valence-corrected chi connectivity index (χ4v) is 2.87. The van der Waals surface area contributed by atoms with Crippen LogP contribution in [0.25, 0.3) is 0 Å². The van der Waals surface area contributed by atoms with Crippen molar-refractivity contribution in [3.05, 3.63) is 0 Å². The Hall–Kier alpha value is -0.810. The lowest BCUT2D eigenvalue weighted by Crippen LogP contribution is -2.36. The van der Waals surface area contributed by atoms with Crippen LogP contribution in [0.2, 0.25) is 0 Å². The van der Waals surface area contributed by atoms with Crippen molar-refractivity contribution >= 4 is 5.96 Å². The first kappa shape index (κ1) is 20.2. The van der Waals surface area contributed by atoms with E-state index in [0.717, 1.165) is 51.9 Å². The minimum absolute atomic E-state index is 0.0000457. The summed E-state index contributed by atoms with van der Waals surface area (Å²) in [5, 5.41) is 7.96. The average molecular weight is 328 g/mol. The first-order valence-electron chi connectivity index (χ1n) is 9.05. The van der Waals surface area contributed by atoms with Crippen LogP contribution in [0, 0.1) is 5.41 Å². The van der Waals surface area contributed by atoms with Crippen molar-refractivity contribution in [2.24, 2.45) is 0 Å². The van der Waals surface area contributed by atoms with Gasteiger partial charge in [-0.1, -0.05) is 20.3 Å². The van der Waals surface area contributed by atoms with E-state index in [4.69, 9.17) is 14.9 Å². The zero-order chi connectivity index (χ0) is 17.5. The van der Waals surface area contributed by atoms with Crippen molar-refractivity contribution in [1.29, 1.82) is 5.41 Å². The lowest BCUT2D eigenvalue weighted by Gasteiger charge is -2.32. The number of hydrogen-bond acceptors (Lipinski definition) is 3. The fraction of sp³-hybridized carbons (Fsp3) is 0.944. The maximum absolute atomic E-state index is 7.96. The Labute approximate surface area is 142 Å². The molecule has 0 bridgehead atoms. The van der Waals surface area contributed by atoms with E-state index in [1.54, 1.807) is 0 Å². The summed E-state index contributed by atoms with van der Waals surface area (Å²) >= 11 is 0. The van der Waals surface area contributed by atoms with Gasteiger partial charge in [-0.05, 0) is 40.0 Å². The van der Waals surface area contributed by atoms with Crippen molar-refractivity contribution < 1.29 is 9.47 Å². The molecule has 1 aliphatic heterocycles. The second-order valence-corrected chi connectivity index (χ2v) is 7.49. The van der Waals surface area contributed by atoms with E-state index in [2.05, 4.69) is 39.5 Å². The Morgan fingerprint density at radius 3 is 2.26 bits per heavy atom. The maximum atomic E-state index is 7.96. The summed E-state index contributed by atoms with van der Waals surface area (Å²) in [4.78, 5) is 4.04. The Morgan fingerprint density at radius 2 is 1.74 bits per heavy atom. The van der Waals surface area contributed by atoms with E-state index in [1.165, 1.54) is 0 Å². The van der Waals surface area contributed by atoms with Crippen molar-refractivity contribution in [3.8, 4) is 0 Å². The van der Waals surface area contributed by atoms with Gasteiger partial charge >= 0.3 is 0 Å². The molecule has 0 aliphatic carbocycles. The summed E-state index contributed by atoms with van der Waals surface area (Å²) in [6, 6.07) is 0. The number of nitrogens with zero attached hydrogens (tertiary/aromatic N) is 2. The molecule has 0 spiro atoms. The van der Waals surface area contributed by atoms with Crippen LogP contribution < -0.4 is 0 Å². The van der Waals surface area contributed by atoms with E-state index in [1.807, 2.05) is 11.9 Å². The quantitative estimate of drug-likeness (QED) is 0.632. The molecule has 1 unspecified atom stereocenters. The molecule has 1 heterocycles. The van der Waals surface area contributed by atoms with Crippen LogP contribution in [0.5, 0.6) is 0 Å². The number of guanidine groups is 1. The molecule has 0 saturated carbocycles. The smallest absolute Gasteiger partial charge is 0.193 e. The summed E-state index contributed by atoms with van der Waals surface area (Å²) in [6.07, 6.45) is 4.20. The highest BCUT2D eigenvalue weighted by Gasteiger charge is 2.26. The lowest BCUT2D eigenvalue weighted by molar-refractivity contribution is -0.0833. The van der Waals surface area contributed by atoms with Gasteiger partial charge in [0.2, 0.25) is 0 Å². The van der Waals surface area contributed by atoms with E-state index >= 15 is 0 Å². The molecule has 1 rings (SSSR count). The minimum Gasteiger partial charge on any atom is -0.375 e. The van der Waals surface area contributed by atoms with Crippen LogP contribution in [0.1, 0.15) is 60.3 Å². The number of rotatable bonds is 11. The Kier molecular flexibility index (Phi) is 7.81. The van der Waals surface area contributed by atoms with E-state index in [0.29, 0.717) is 12.6 Å². The zero-order valence-corrected chi connectivity index (χ0v) is 16.1. The van der Waals surface area contributed by atoms with Crippen LogP contribution in [0.3, 0.4) is 0 Å². The van der Waals surface area contributed by atoms with Gasteiger partial charge in [0.05, 0.1) is 24.4 Å². The molecule has 5 nitrogen and oxygen atoms in total. The van der Waals surface area contributed by atoms with Crippen LogP contribution in [-0.4, -0.2) is 66.9 Å². The molecule has 23 heavy (non-hydrogen) atoms. The number of hydrogen-bond donors (Lipinski definition) is 1. The molecule has 0 aromatic rings. The zero-order valence-electron chi connectivity index (χ0n) is 16.1. The van der Waals surface area contributed by atoms with Gasteiger partial charge in [-0.15, -0.1) is 0 Å². The fourth-order valence-electron chi connectivity index (χ4n) is 2.87. The third-order valence-corrected chi connectivity index (χ3v) is 4.90. The highest BCUT2D eigenvalue weighted by atomic mass is 16.5. The highest BCUT2D eigenvalue weighted by Crippen LogP contribution is 2.24. The Bertz CT molecular complexity index is 373. The van der Waals surface area contributed by atoms with Crippen LogP contribution in [-0.2, 0) is 9.47 Å². The van der Waals surface area contributed by atoms with Gasteiger partial charge in [0.1, 0.15) is 0 Å². The molecule has 1 fully saturated rings. The van der Waals surface area contributed by atoms with Gasteiger partial charge in [0, 0.05) is 26.7 Å². The monoisotopic (exact) mass is 327 g/mol.